The van der Waals surface area contributed by atoms with Crippen LogP contribution in [0.2, 0.25) is 5.02 Å². The van der Waals surface area contributed by atoms with E-state index in [9.17, 15) is 9.90 Å². The zero-order valence-electron chi connectivity index (χ0n) is 9.82. The van der Waals surface area contributed by atoms with Crippen LogP contribution in [0.3, 0.4) is 0 Å². The van der Waals surface area contributed by atoms with Gasteiger partial charge in [-0.3, -0.25) is 0 Å². The van der Waals surface area contributed by atoms with Crippen LogP contribution in [0, 0.1) is 0 Å². The van der Waals surface area contributed by atoms with E-state index in [0.717, 1.165) is 25.1 Å². The highest BCUT2D eigenvalue weighted by Crippen LogP contribution is 2.29. The molecule has 4 heteroatoms. The largest absolute Gasteiger partial charge is 0.478 e. The Morgan fingerprint density at radius 2 is 2.24 bits per heavy atom. The Labute approximate surface area is 106 Å². The van der Waals surface area contributed by atoms with Crippen LogP contribution >= 0.6 is 11.6 Å². The van der Waals surface area contributed by atoms with Gasteiger partial charge >= 0.3 is 5.97 Å². The Balaban J connectivity index is 2.39. The Morgan fingerprint density at radius 1 is 1.47 bits per heavy atom. The van der Waals surface area contributed by atoms with Crippen molar-refractivity contribution in [2.24, 2.45) is 0 Å². The first kappa shape index (κ1) is 12.2. The summed E-state index contributed by atoms with van der Waals surface area (Å²) in [6.07, 6.45) is 3.45. The minimum Gasteiger partial charge on any atom is -0.478 e. The Hall–Kier alpha value is -1.22. The summed E-state index contributed by atoms with van der Waals surface area (Å²) >= 11 is 5.85. The molecule has 0 saturated carbocycles. The summed E-state index contributed by atoms with van der Waals surface area (Å²) in [5.41, 5.74) is 1.08. The van der Waals surface area contributed by atoms with Crippen molar-refractivity contribution < 1.29 is 9.90 Å². The predicted octanol–water partition coefficient (Wildman–Crippen LogP) is 3.42. The fraction of sp³-hybridized carbons (Fsp3) is 0.462. The van der Waals surface area contributed by atoms with Crippen molar-refractivity contribution in [2.45, 2.75) is 32.2 Å². The van der Waals surface area contributed by atoms with Crippen molar-refractivity contribution in [1.29, 1.82) is 0 Å². The van der Waals surface area contributed by atoms with Crippen molar-refractivity contribution >= 4 is 23.3 Å². The van der Waals surface area contributed by atoms with Crippen LogP contribution in [0.1, 0.15) is 36.5 Å². The van der Waals surface area contributed by atoms with Gasteiger partial charge in [0.15, 0.2) is 0 Å². The molecule has 0 radical (unpaired) electrons. The standard InChI is InChI=1S/C13H16ClNO2/c1-9-4-2-3-7-15(9)12-6-5-10(14)8-11(12)13(16)17/h5-6,8-9H,2-4,7H2,1H3,(H,16,17). The molecule has 1 aliphatic rings. The first-order valence-corrected chi connectivity index (χ1v) is 6.27. The highest BCUT2D eigenvalue weighted by molar-refractivity contribution is 6.31. The molecule has 0 bridgehead atoms. The van der Waals surface area contributed by atoms with Crippen LogP contribution in [-0.2, 0) is 0 Å². The number of anilines is 1. The van der Waals surface area contributed by atoms with E-state index in [4.69, 9.17) is 11.6 Å². The molecule has 3 nitrogen and oxygen atoms in total. The number of piperidine rings is 1. The van der Waals surface area contributed by atoms with Gasteiger partial charge < -0.3 is 10.0 Å². The summed E-state index contributed by atoms with van der Waals surface area (Å²) < 4.78 is 0. The second-order valence-corrected chi connectivity index (χ2v) is 4.94. The van der Waals surface area contributed by atoms with Gasteiger partial charge in [0, 0.05) is 17.6 Å². The molecule has 1 aliphatic heterocycles. The molecule has 1 aromatic rings. The number of benzene rings is 1. The Bertz CT molecular complexity index is 433. The van der Waals surface area contributed by atoms with Gasteiger partial charge in [0.05, 0.1) is 11.3 Å². The molecular formula is C13H16ClNO2. The monoisotopic (exact) mass is 253 g/mol. The second-order valence-electron chi connectivity index (χ2n) is 4.50. The van der Waals surface area contributed by atoms with Crippen LogP contribution < -0.4 is 4.90 Å². The molecule has 1 fully saturated rings. The topological polar surface area (TPSA) is 40.5 Å². The summed E-state index contributed by atoms with van der Waals surface area (Å²) in [6, 6.07) is 5.49. The first-order valence-electron chi connectivity index (χ1n) is 5.89. The van der Waals surface area contributed by atoms with E-state index in [1.807, 2.05) is 6.07 Å². The number of hydrogen-bond donors (Lipinski definition) is 1. The molecule has 17 heavy (non-hydrogen) atoms. The lowest BCUT2D eigenvalue weighted by Gasteiger charge is -2.36. The second kappa shape index (κ2) is 4.96. The van der Waals surface area contributed by atoms with E-state index in [1.54, 1.807) is 6.07 Å². The van der Waals surface area contributed by atoms with Gasteiger partial charge in [-0.1, -0.05) is 11.6 Å². The smallest absolute Gasteiger partial charge is 0.337 e. The fourth-order valence-corrected chi connectivity index (χ4v) is 2.56. The SMILES string of the molecule is CC1CCCCN1c1ccc(Cl)cc1C(=O)O. The lowest BCUT2D eigenvalue weighted by molar-refractivity contribution is 0.0697. The quantitative estimate of drug-likeness (QED) is 0.878. The molecule has 1 heterocycles. The van der Waals surface area contributed by atoms with Gasteiger partial charge in [-0.25, -0.2) is 4.79 Å². The van der Waals surface area contributed by atoms with Crippen LogP contribution in [0.15, 0.2) is 18.2 Å². The third kappa shape index (κ3) is 2.55. The number of carboxylic acids is 1. The lowest BCUT2D eigenvalue weighted by Crippen LogP contribution is -2.38. The van der Waals surface area contributed by atoms with Crippen LogP contribution in [0.4, 0.5) is 5.69 Å². The zero-order chi connectivity index (χ0) is 12.4. The molecule has 92 valence electrons. The Morgan fingerprint density at radius 3 is 2.88 bits per heavy atom. The Kier molecular flexibility index (Phi) is 3.57. The van der Waals surface area contributed by atoms with Gasteiger partial charge in [-0.2, -0.15) is 0 Å². The summed E-state index contributed by atoms with van der Waals surface area (Å²) in [6.45, 7) is 3.06. The maximum Gasteiger partial charge on any atom is 0.337 e. The van der Waals surface area contributed by atoms with Crippen molar-refractivity contribution in [3.05, 3.63) is 28.8 Å². The molecule has 1 atom stereocenters. The average Bonchev–Trinajstić information content (AvgIpc) is 2.30. The van der Waals surface area contributed by atoms with Crippen molar-refractivity contribution in [1.82, 2.24) is 0 Å². The lowest BCUT2D eigenvalue weighted by atomic mass is 10.0. The van der Waals surface area contributed by atoms with E-state index in [2.05, 4.69) is 11.8 Å². The number of hydrogen-bond acceptors (Lipinski definition) is 2. The van der Waals surface area contributed by atoms with E-state index in [0.29, 0.717) is 16.6 Å². The first-order chi connectivity index (χ1) is 8.09. The van der Waals surface area contributed by atoms with Crippen molar-refractivity contribution in [3.63, 3.8) is 0 Å². The third-order valence-corrected chi connectivity index (χ3v) is 3.54. The average molecular weight is 254 g/mol. The summed E-state index contributed by atoms with van der Waals surface area (Å²) in [7, 11) is 0. The summed E-state index contributed by atoms with van der Waals surface area (Å²) in [5, 5.41) is 9.69. The molecule has 1 unspecified atom stereocenters. The molecule has 1 aromatic carbocycles. The van der Waals surface area contributed by atoms with Gasteiger partial charge in [0.2, 0.25) is 0 Å². The van der Waals surface area contributed by atoms with Crippen molar-refractivity contribution in [3.8, 4) is 0 Å². The zero-order valence-corrected chi connectivity index (χ0v) is 10.6. The maximum absolute atomic E-state index is 11.2. The minimum atomic E-state index is -0.916. The van der Waals surface area contributed by atoms with Gasteiger partial charge in [0.25, 0.3) is 0 Å². The molecule has 0 spiro atoms. The van der Waals surface area contributed by atoms with Gasteiger partial charge in [0.1, 0.15) is 0 Å². The molecule has 0 amide bonds. The van der Waals surface area contributed by atoms with E-state index < -0.39 is 5.97 Å². The van der Waals surface area contributed by atoms with Crippen LogP contribution in [0.5, 0.6) is 0 Å². The molecule has 1 N–H and O–H groups in total. The molecule has 2 rings (SSSR count). The molecule has 1 saturated heterocycles. The minimum absolute atomic E-state index is 0.297. The number of nitrogens with zero attached hydrogens (tertiary/aromatic N) is 1. The summed E-state index contributed by atoms with van der Waals surface area (Å²) in [4.78, 5) is 13.4. The molecule has 0 aromatic heterocycles. The van der Waals surface area contributed by atoms with E-state index in [1.165, 1.54) is 12.5 Å². The molecular weight excluding hydrogens is 238 g/mol. The van der Waals surface area contributed by atoms with Gasteiger partial charge in [-0.15, -0.1) is 0 Å². The van der Waals surface area contributed by atoms with Crippen LogP contribution in [-0.4, -0.2) is 23.7 Å². The number of carboxylic acid groups (broad SMARTS) is 1. The maximum atomic E-state index is 11.2. The highest BCUT2D eigenvalue weighted by Gasteiger charge is 2.23. The van der Waals surface area contributed by atoms with Gasteiger partial charge in [-0.05, 0) is 44.4 Å². The van der Waals surface area contributed by atoms with E-state index >= 15 is 0 Å². The number of carbonyl (C=O) groups is 1. The van der Waals surface area contributed by atoms with Crippen LogP contribution in [0.25, 0.3) is 0 Å². The number of aromatic carboxylic acids is 1. The third-order valence-electron chi connectivity index (χ3n) is 3.30. The highest BCUT2D eigenvalue weighted by atomic mass is 35.5. The number of rotatable bonds is 2. The molecule has 0 aliphatic carbocycles. The van der Waals surface area contributed by atoms with Crippen molar-refractivity contribution in [2.75, 3.05) is 11.4 Å². The summed E-state index contributed by atoms with van der Waals surface area (Å²) in [5.74, 6) is -0.916. The van der Waals surface area contributed by atoms with E-state index in [-0.39, 0.29) is 0 Å². The number of halogens is 1. The predicted molar refractivity (Wildman–Crippen MR) is 69.1 cm³/mol. The fourth-order valence-electron chi connectivity index (χ4n) is 2.39. The normalized spacial score (nSPS) is 20.4.